The van der Waals surface area contributed by atoms with Gasteiger partial charge in [0.05, 0.1) is 31.4 Å². The number of ketones is 1. The van der Waals surface area contributed by atoms with Crippen LogP contribution in [0, 0.1) is 22.2 Å². The first-order valence-corrected chi connectivity index (χ1v) is 9.90. The first kappa shape index (κ1) is 20.0. The molecule has 1 aromatic carbocycles. The van der Waals surface area contributed by atoms with Crippen molar-refractivity contribution in [3.05, 3.63) is 60.1 Å². The molecule has 0 radical (unpaired) electrons. The van der Waals surface area contributed by atoms with E-state index in [0.29, 0.717) is 5.76 Å². The molecule has 0 amide bonds. The molecule has 0 bridgehead atoms. The first-order chi connectivity index (χ1) is 14.3. The highest BCUT2D eigenvalue weighted by Crippen LogP contribution is 2.56. The number of carbonyl (C=O) groups excluding carboxylic acids is 2. The van der Waals surface area contributed by atoms with E-state index in [-0.39, 0.29) is 5.78 Å². The lowest BCUT2D eigenvalue weighted by atomic mass is 9.68. The Morgan fingerprint density at radius 3 is 2.53 bits per heavy atom. The largest absolute Gasteiger partial charge is 0.469 e. The van der Waals surface area contributed by atoms with Gasteiger partial charge in [-0.3, -0.25) is 9.59 Å². The smallest absolute Gasteiger partial charge is 0.329 e. The van der Waals surface area contributed by atoms with Crippen LogP contribution < -0.4 is 4.90 Å². The molecular formula is C24H24N2O4. The number of fused-ring (bicyclic) bond motifs is 3. The molecule has 0 spiro atoms. The molecule has 1 saturated heterocycles. The average Bonchev–Trinajstić information content (AvgIpc) is 3.36. The fourth-order valence-corrected chi connectivity index (χ4v) is 4.76. The minimum atomic E-state index is -1.64. The molecule has 0 N–H and O–H groups in total. The van der Waals surface area contributed by atoms with Crippen LogP contribution in [-0.4, -0.2) is 30.9 Å². The van der Waals surface area contributed by atoms with Gasteiger partial charge in [-0.05, 0) is 23.8 Å². The van der Waals surface area contributed by atoms with Gasteiger partial charge in [0, 0.05) is 11.1 Å². The minimum Gasteiger partial charge on any atom is -0.469 e. The molecule has 4 rings (SSSR count). The zero-order chi connectivity index (χ0) is 21.7. The van der Waals surface area contributed by atoms with Gasteiger partial charge in [-0.1, -0.05) is 51.1 Å². The van der Waals surface area contributed by atoms with Crippen LogP contribution in [0.4, 0.5) is 5.69 Å². The molecule has 4 atom stereocenters. The van der Waals surface area contributed by atoms with Crippen molar-refractivity contribution in [2.75, 3.05) is 12.0 Å². The summed E-state index contributed by atoms with van der Waals surface area (Å²) in [4.78, 5) is 28.9. The van der Waals surface area contributed by atoms with Crippen molar-refractivity contribution < 1.29 is 18.7 Å². The lowest BCUT2D eigenvalue weighted by Crippen LogP contribution is -2.48. The maximum absolute atomic E-state index is 13.8. The van der Waals surface area contributed by atoms with E-state index in [4.69, 9.17) is 9.15 Å². The van der Waals surface area contributed by atoms with Gasteiger partial charge in [-0.25, -0.2) is 0 Å². The highest BCUT2D eigenvalue weighted by atomic mass is 16.5. The third-order valence-corrected chi connectivity index (χ3v) is 6.11. The summed E-state index contributed by atoms with van der Waals surface area (Å²) in [5, 5.41) is 10.4. The molecule has 4 unspecified atom stereocenters. The fourth-order valence-electron chi connectivity index (χ4n) is 4.76. The summed E-state index contributed by atoms with van der Waals surface area (Å²) >= 11 is 0. The summed E-state index contributed by atoms with van der Waals surface area (Å²) in [6.45, 7) is 5.54. The number of ether oxygens (including phenoxy) is 1. The number of methoxy groups -OCH3 is 1. The van der Waals surface area contributed by atoms with Gasteiger partial charge in [0.15, 0.2) is 11.2 Å². The van der Waals surface area contributed by atoms with Gasteiger partial charge in [-0.2, -0.15) is 5.26 Å². The Hall–Kier alpha value is -3.33. The topological polar surface area (TPSA) is 83.5 Å². The standard InChI is InChI=1S/C24H24N2O4/c1-23(2,3)21(27)20-19(17-10-7-13-30-17)24(14-25,22(28)29-4)18-12-11-15-8-5-6-9-16(15)26(18)20/h5-13,18-20H,1-4H3. The average molecular weight is 404 g/mol. The lowest BCUT2D eigenvalue weighted by Gasteiger charge is -2.37. The second-order valence-electron chi connectivity index (χ2n) is 8.79. The number of benzene rings is 1. The number of Topliss-reactive ketones (excluding diaryl/α,β-unsaturated/α-hetero) is 1. The van der Waals surface area contributed by atoms with Crippen molar-refractivity contribution in [3.63, 3.8) is 0 Å². The second-order valence-corrected chi connectivity index (χ2v) is 8.79. The molecule has 2 aliphatic heterocycles. The summed E-state index contributed by atoms with van der Waals surface area (Å²) < 4.78 is 10.8. The van der Waals surface area contributed by atoms with Gasteiger partial charge in [0.25, 0.3) is 0 Å². The van der Waals surface area contributed by atoms with Crippen molar-refractivity contribution in [1.82, 2.24) is 0 Å². The van der Waals surface area contributed by atoms with Gasteiger partial charge in [0.1, 0.15) is 11.8 Å². The van der Waals surface area contributed by atoms with Crippen LogP contribution in [0.3, 0.4) is 0 Å². The van der Waals surface area contributed by atoms with E-state index in [0.717, 1.165) is 11.3 Å². The van der Waals surface area contributed by atoms with Gasteiger partial charge in [-0.15, -0.1) is 0 Å². The molecule has 0 saturated carbocycles. The number of esters is 1. The highest BCUT2D eigenvalue weighted by molar-refractivity contribution is 5.99. The zero-order valence-electron chi connectivity index (χ0n) is 17.5. The van der Waals surface area contributed by atoms with Crippen LogP contribution >= 0.6 is 0 Å². The highest BCUT2D eigenvalue weighted by Gasteiger charge is 2.68. The number of para-hydroxylation sites is 1. The summed E-state index contributed by atoms with van der Waals surface area (Å²) in [6.07, 6.45) is 5.22. The number of hydrogen-bond acceptors (Lipinski definition) is 6. The van der Waals surface area contributed by atoms with E-state index in [1.54, 1.807) is 12.1 Å². The number of anilines is 1. The summed E-state index contributed by atoms with van der Waals surface area (Å²) in [7, 11) is 1.27. The van der Waals surface area contributed by atoms with Crippen molar-refractivity contribution in [1.29, 1.82) is 5.26 Å². The third-order valence-electron chi connectivity index (χ3n) is 6.11. The second kappa shape index (κ2) is 6.88. The van der Waals surface area contributed by atoms with E-state index in [1.807, 2.05) is 62.1 Å². The maximum atomic E-state index is 13.8. The quantitative estimate of drug-likeness (QED) is 0.721. The Kier molecular flexibility index (Phi) is 4.58. The number of rotatable bonds is 3. The monoisotopic (exact) mass is 404 g/mol. The summed E-state index contributed by atoms with van der Waals surface area (Å²) in [5.41, 5.74) is -0.595. The molecule has 1 fully saturated rings. The van der Waals surface area contributed by atoms with Gasteiger partial charge in [0.2, 0.25) is 0 Å². The van der Waals surface area contributed by atoms with E-state index in [2.05, 4.69) is 6.07 Å². The summed E-state index contributed by atoms with van der Waals surface area (Å²) in [6, 6.07) is 11.9. The SMILES string of the molecule is COC(=O)C1(C#N)C(c2ccco2)C(C(=O)C(C)(C)C)N2c3ccccc3C=CC21. The van der Waals surface area contributed by atoms with Crippen LogP contribution in [0.15, 0.2) is 53.2 Å². The van der Waals surface area contributed by atoms with Crippen LogP contribution in [-0.2, 0) is 14.3 Å². The molecule has 154 valence electrons. The van der Waals surface area contributed by atoms with E-state index in [1.165, 1.54) is 13.4 Å². The van der Waals surface area contributed by atoms with Crippen LogP contribution in [0.2, 0.25) is 0 Å². The number of nitriles is 1. The Labute approximate surface area is 175 Å². The number of hydrogen-bond donors (Lipinski definition) is 0. The van der Waals surface area contributed by atoms with Crippen molar-refractivity contribution in [2.45, 2.75) is 38.8 Å². The Morgan fingerprint density at radius 2 is 1.93 bits per heavy atom. The molecule has 2 aromatic rings. The molecule has 30 heavy (non-hydrogen) atoms. The number of furan rings is 1. The molecule has 6 nitrogen and oxygen atoms in total. The molecule has 3 heterocycles. The number of carbonyl (C=O) groups is 2. The summed E-state index contributed by atoms with van der Waals surface area (Å²) in [5.74, 6) is -1.14. The van der Waals surface area contributed by atoms with Crippen molar-refractivity contribution >= 4 is 23.5 Å². The normalized spacial score (nSPS) is 27.2. The van der Waals surface area contributed by atoms with E-state index >= 15 is 0 Å². The Bertz CT molecular complexity index is 1060. The Balaban J connectivity index is 2.05. The lowest BCUT2D eigenvalue weighted by molar-refractivity contribution is -0.150. The van der Waals surface area contributed by atoms with E-state index < -0.39 is 34.8 Å². The predicted octanol–water partition coefficient (Wildman–Crippen LogP) is 3.95. The van der Waals surface area contributed by atoms with Crippen molar-refractivity contribution in [3.8, 4) is 6.07 Å². The van der Waals surface area contributed by atoms with Crippen LogP contribution in [0.1, 0.15) is 38.0 Å². The van der Waals surface area contributed by atoms with Gasteiger partial charge >= 0.3 is 5.97 Å². The van der Waals surface area contributed by atoms with Gasteiger partial charge < -0.3 is 14.1 Å². The number of nitrogens with zero attached hydrogens (tertiary/aromatic N) is 2. The molecule has 0 aliphatic carbocycles. The zero-order valence-corrected chi connectivity index (χ0v) is 17.5. The van der Waals surface area contributed by atoms with E-state index in [9.17, 15) is 14.9 Å². The minimum absolute atomic E-state index is 0.0694. The molecular weight excluding hydrogens is 380 g/mol. The van der Waals surface area contributed by atoms with Crippen molar-refractivity contribution in [2.24, 2.45) is 10.8 Å². The molecule has 1 aromatic heterocycles. The third kappa shape index (κ3) is 2.62. The van der Waals surface area contributed by atoms with Crippen LogP contribution in [0.25, 0.3) is 6.08 Å². The first-order valence-electron chi connectivity index (χ1n) is 9.90. The maximum Gasteiger partial charge on any atom is 0.329 e. The molecule has 2 aliphatic rings. The predicted molar refractivity (Wildman–Crippen MR) is 112 cm³/mol. The Morgan fingerprint density at radius 1 is 1.20 bits per heavy atom. The van der Waals surface area contributed by atoms with Crippen LogP contribution in [0.5, 0.6) is 0 Å². The fraction of sp³-hybridized carbons (Fsp3) is 0.375. The molecule has 6 heteroatoms.